The molecule has 4 heterocycles. The van der Waals surface area contributed by atoms with E-state index in [4.69, 9.17) is 0 Å². The first-order valence-corrected chi connectivity index (χ1v) is 8.87. The average Bonchev–Trinajstić information content (AvgIpc) is 3.19. The molecule has 0 N–H and O–H groups in total. The van der Waals surface area contributed by atoms with Crippen LogP contribution in [0.15, 0.2) is 41.8 Å². The fourth-order valence-electron chi connectivity index (χ4n) is 2.80. The number of rotatable bonds is 2. The van der Waals surface area contributed by atoms with Gasteiger partial charge in [0, 0.05) is 25.1 Å². The van der Waals surface area contributed by atoms with Gasteiger partial charge in [-0.15, -0.1) is 0 Å². The van der Waals surface area contributed by atoms with E-state index in [2.05, 4.69) is 10.1 Å². The minimum absolute atomic E-state index is 0.126. The van der Waals surface area contributed by atoms with Crippen LogP contribution in [0.3, 0.4) is 0 Å². The quantitative estimate of drug-likeness (QED) is 0.686. The van der Waals surface area contributed by atoms with E-state index in [1.807, 2.05) is 0 Å². The first kappa shape index (κ1) is 13.9. The Bertz CT molecular complexity index is 1030. The molecule has 1 aliphatic rings. The molecular formula is C14H13N5O3S. The molecule has 0 aromatic carbocycles. The van der Waals surface area contributed by atoms with Crippen molar-refractivity contribution in [1.82, 2.24) is 19.2 Å². The molecule has 3 aromatic heterocycles. The summed E-state index contributed by atoms with van der Waals surface area (Å²) < 4.78 is 27.0. The molecule has 1 amide bonds. The van der Waals surface area contributed by atoms with Crippen LogP contribution in [0.2, 0.25) is 0 Å². The summed E-state index contributed by atoms with van der Waals surface area (Å²) in [5, 5.41) is 4.00. The molecule has 23 heavy (non-hydrogen) atoms. The van der Waals surface area contributed by atoms with Crippen LogP contribution in [0.5, 0.6) is 0 Å². The maximum absolute atomic E-state index is 12.9. The SMILES string of the molecule is CS(=O)(=O)c1nc(C(=O)N2CCn3nccc32)c2ccccn12. The highest BCUT2D eigenvalue weighted by Crippen LogP contribution is 2.25. The summed E-state index contributed by atoms with van der Waals surface area (Å²) in [6.07, 6.45) is 4.29. The summed E-state index contributed by atoms with van der Waals surface area (Å²) >= 11 is 0. The molecule has 0 spiro atoms. The van der Waals surface area contributed by atoms with Crippen LogP contribution in [0.4, 0.5) is 5.82 Å². The third kappa shape index (κ3) is 2.04. The van der Waals surface area contributed by atoms with E-state index in [0.717, 1.165) is 6.26 Å². The second kappa shape index (κ2) is 4.66. The third-order valence-corrected chi connectivity index (χ3v) is 4.75. The number of hydrogen-bond donors (Lipinski definition) is 0. The summed E-state index contributed by atoms with van der Waals surface area (Å²) in [6.45, 7) is 1.10. The van der Waals surface area contributed by atoms with Gasteiger partial charge in [-0.1, -0.05) is 6.07 Å². The summed E-state index contributed by atoms with van der Waals surface area (Å²) in [5.74, 6) is 0.357. The van der Waals surface area contributed by atoms with Crippen molar-refractivity contribution in [1.29, 1.82) is 0 Å². The van der Waals surface area contributed by atoms with Gasteiger partial charge in [0.15, 0.2) is 5.69 Å². The smallest absolute Gasteiger partial charge is 0.280 e. The standard InChI is InChI=1S/C14H13N5O3S/c1-23(21,22)14-16-12(10-4-2-3-7-17(10)14)13(20)18-8-9-19-11(18)5-6-15-19/h2-7H,8-9H2,1H3. The Kier molecular flexibility index (Phi) is 2.82. The Labute approximate surface area is 131 Å². The topological polar surface area (TPSA) is 89.6 Å². The number of sulfone groups is 1. The maximum Gasteiger partial charge on any atom is 0.280 e. The second-order valence-corrected chi connectivity index (χ2v) is 7.25. The van der Waals surface area contributed by atoms with Crippen molar-refractivity contribution in [2.24, 2.45) is 0 Å². The highest BCUT2D eigenvalue weighted by atomic mass is 32.2. The van der Waals surface area contributed by atoms with Crippen LogP contribution in [-0.2, 0) is 16.4 Å². The van der Waals surface area contributed by atoms with Gasteiger partial charge in [-0.25, -0.2) is 18.1 Å². The van der Waals surface area contributed by atoms with Crippen molar-refractivity contribution in [3.63, 3.8) is 0 Å². The Morgan fingerprint density at radius 3 is 2.83 bits per heavy atom. The van der Waals surface area contributed by atoms with Gasteiger partial charge < -0.3 is 0 Å². The summed E-state index contributed by atoms with van der Waals surface area (Å²) in [5.41, 5.74) is 0.594. The van der Waals surface area contributed by atoms with Gasteiger partial charge in [-0.2, -0.15) is 5.10 Å². The summed E-state index contributed by atoms with van der Waals surface area (Å²) in [4.78, 5) is 18.6. The molecule has 9 heteroatoms. The normalized spacial score (nSPS) is 14.4. The first-order valence-electron chi connectivity index (χ1n) is 6.97. The lowest BCUT2D eigenvalue weighted by Gasteiger charge is -2.13. The summed E-state index contributed by atoms with van der Waals surface area (Å²) in [7, 11) is -3.55. The molecule has 0 radical (unpaired) electrons. The fourth-order valence-corrected chi connectivity index (χ4v) is 3.57. The zero-order valence-corrected chi connectivity index (χ0v) is 13.1. The number of amides is 1. The number of aromatic nitrogens is 4. The van der Waals surface area contributed by atoms with Crippen molar-refractivity contribution in [3.8, 4) is 0 Å². The Morgan fingerprint density at radius 2 is 2.04 bits per heavy atom. The Hall–Kier alpha value is -2.68. The molecular weight excluding hydrogens is 318 g/mol. The van der Waals surface area contributed by atoms with Crippen LogP contribution in [0.25, 0.3) is 5.52 Å². The zero-order chi connectivity index (χ0) is 16.2. The molecule has 0 fully saturated rings. The first-order chi connectivity index (χ1) is 11.0. The predicted molar refractivity (Wildman–Crippen MR) is 82.2 cm³/mol. The van der Waals surface area contributed by atoms with E-state index in [-0.39, 0.29) is 16.8 Å². The van der Waals surface area contributed by atoms with Gasteiger partial charge in [0.05, 0.1) is 18.3 Å². The fraction of sp³-hybridized carbons (Fsp3) is 0.214. The van der Waals surface area contributed by atoms with Crippen LogP contribution < -0.4 is 4.90 Å². The van der Waals surface area contributed by atoms with Crippen molar-refractivity contribution in [2.45, 2.75) is 11.7 Å². The molecule has 3 aromatic rings. The van der Waals surface area contributed by atoms with E-state index in [1.165, 1.54) is 4.40 Å². The largest absolute Gasteiger partial charge is 0.290 e. The van der Waals surface area contributed by atoms with E-state index in [0.29, 0.717) is 24.4 Å². The molecule has 0 aliphatic carbocycles. The molecule has 1 aliphatic heterocycles. The van der Waals surface area contributed by atoms with Gasteiger partial charge in [0.1, 0.15) is 5.82 Å². The minimum atomic E-state index is -3.55. The Balaban J connectivity index is 1.89. The Morgan fingerprint density at radius 1 is 1.22 bits per heavy atom. The van der Waals surface area contributed by atoms with Crippen molar-refractivity contribution in [3.05, 3.63) is 42.4 Å². The van der Waals surface area contributed by atoms with E-state index >= 15 is 0 Å². The number of imidazole rings is 1. The van der Waals surface area contributed by atoms with Crippen LogP contribution in [-0.4, -0.2) is 46.3 Å². The molecule has 0 atom stereocenters. The number of anilines is 1. The van der Waals surface area contributed by atoms with Crippen molar-refractivity contribution >= 4 is 27.1 Å². The van der Waals surface area contributed by atoms with Crippen LogP contribution >= 0.6 is 0 Å². The number of fused-ring (bicyclic) bond motifs is 2. The molecule has 0 saturated carbocycles. The number of pyridine rings is 1. The lowest BCUT2D eigenvalue weighted by atomic mass is 10.3. The number of carbonyl (C=O) groups excluding carboxylic acids is 1. The minimum Gasteiger partial charge on any atom is -0.290 e. The van der Waals surface area contributed by atoms with Gasteiger partial charge in [0.2, 0.25) is 15.0 Å². The van der Waals surface area contributed by atoms with Crippen molar-refractivity contribution in [2.75, 3.05) is 17.7 Å². The van der Waals surface area contributed by atoms with E-state index < -0.39 is 9.84 Å². The zero-order valence-electron chi connectivity index (χ0n) is 12.2. The third-order valence-electron chi connectivity index (χ3n) is 3.80. The molecule has 0 saturated heterocycles. The molecule has 0 unspecified atom stereocenters. The van der Waals surface area contributed by atoms with Gasteiger partial charge in [-0.3, -0.25) is 14.1 Å². The average molecular weight is 331 g/mol. The predicted octanol–water partition coefficient (Wildman–Crippen LogP) is 0.595. The number of carbonyl (C=O) groups is 1. The van der Waals surface area contributed by atoms with Gasteiger partial charge >= 0.3 is 0 Å². The van der Waals surface area contributed by atoms with E-state index in [1.54, 1.807) is 46.2 Å². The maximum atomic E-state index is 12.9. The second-order valence-electron chi connectivity index (χ2n) is 5.34. The van der Waals surface area contributed by atoms with Crippen molar-refractivity contribution < 1.29 is 13.2 Å². The highest BCUT2D eigenvalue weighted by Gasteiger charge is 2.30. The number of nitrogens with zero attached hydrogens (tertiary/aromatic N) is 5. The molecule has 8 nitrogen and oxygen atoms in total. The van der Waals surface area contributed by atoms with Gasteiger partial charge in [-0.05, 0) is 12.1 Å². The molecule has 0 bridgehead atoms. The van der Waals surface area contributed by atoms with E-state index in [9.17, 15) is 13.2 Å². The lowest BCUT2D eigenvalue weighted by Crippen LogP contribution is -2.29. The molecule has 118 valence electrons. The van der Waals surface area contributed by atoms with Crippen LogP contribution in [0.1, 0.15) is 10.5 Å². The lowest BCUT2D eigenvalue weighted by molar-refractivity contribution is 0.0986. The number of hydrogen-bond acceptors (Lipinski definition) is 5. The highest BCUT2D eigenvalue weighted by molar-refractivity contribution is 7.90. The van der Waals surface area contributed by atoms with Gasteiger partial charge in [0.25, 0.3) is 5.91 Å². The summed E-state index contributed by atoms with van der Waals surface area (Å²) in [6, 6.07) is 6.87. The monoisotopic (exact) mass is 331 g/mol. The molecule has 4 rings (SSSR count). The van der Waals surface area contributed by atoms with Crippen LogP contribution in [0, 0.1) is 0 Å².